The molecule has 1 fully saturated rings. The fourth-order valence-electron chi connectivity index (χ4n) is 4.18. The molecule has 3 atom stereocenters. The van der Waals surface area contributed by atoms with Crippen LogP contribution in [0, 0.1) is 0 Å². The second-order valence-corrected chi connectivity index (χ2v) is 7.65. The molecule has 7 nitrogen and oxygen atoms in total. The smallest absolute Gasteiger partial charge is 0.271 e. The zero-order chi connectivity index (χ0) is 20.1. The number of nitrogens with zero attached hydrogens (tertiary/aromatic N) is 2. The molecule has 0 spiro atoms. The molecule has 150 valence electrons. The molecule has 0 unspecified atom stereocenters. The molecule has 2 amide bonds. The van der Waals surface area contributed by atoms with E-state index in [0.717, 1.165) is 18.4 Å². The number of hydrogen-bond donors (Lipinski definition) is 3. The number of hydrogen-bond acceptors (Lipinski definition) is 4. The van der Waals surface area contributed by atoms with Gasteiger partial charge in [0.05, 0.1) is 12.1 Å². The van der Waals surface area contributed by atoms with Crippen LogP contribution < -0.4 is 5.32 Å². The molecule has 0 saturated heterocycles. The summed E-state index contributed by atoms with van der Waals surface area (Å²) in [5.74, 6) is -0.251. The van der Waals surface area contributed by atoms with Crippen molar-refractivity contribution in [2.24, 2.45) is 0 Å². The Balaban J connectivity index is 1.83. The summed E-state index contributed by atoms with van der Waals surface area (Å²) in [7, 11) is 1.72. The van der Waals surface area contributed by atoms with E-state index in [1.54, 1.807) is 24.2 Å². The van der Waals surface area contributed by atoms with E-state index in [0.29, 0.717) is 25.1 Å². The van der Waals surface area contributed by atoms with Gasteiger partial charge in [0.2, 0.25) is 5.91 Å². The number of benzene rings is 1. The van der Waals surface area contributed by atoms with Crippen LogP contribution in [0.5, 0.6) is 0 Å². The quantitative estimate of drug-likeness (QED) is 0.685. The van der Waals surface area contributed by atoms with Crippen LogP contribution in [0.3, 0.4) is 0 Å². The summed E-state index contributed by atoms with van der Waals surface area (Å²) >= 11 is 0. The number of aliphatic hydroxyl groups excluding tert-OH is 1. The van der Waals surface area contributed by atoms with Gasteiger partial charge in [-0.2, -0.15) is 5.10 Å². The summed E-state index contributed by atoms with van der Waals surface area (Å²) in [6.07, 6.45) is 3.62. The van der Waals surface area contributed by atoms with Gasteiger partial charge < -0.3 is 15.3 Å². The Morgan fingerprint density at radius 2 is 1.96 bits per heavy atom. The van der Waals surface area contributed by atoms with E-state index in [4.69, 9.17) is 0 Å². The molecular weight excluding hydrogens is 356 g/mol. The predicted molar refractivity (Wildman–Crippen MR) is 106 cm³/mol. The summed E-state index contributed by atoms with van der Waals surface area (Å²) < 4.78 is 0. The van der Waals surface area contributed by atoms with Crippen molar-refractivity contribution in [3.63, 3.8) is 0 Å². The first-order valence-corrected chi connectivity index (χ1v) is 9.67. The van der Waals surface area contributed by atoms with Gasteiger partial charge in [-0.25, -0.2) is 0 Å². The Bertz CT molecular complexity index is 793. The van der Waals surface area contributed by atoms with Crippen molar-refractivity contribution in [3.8, 4) is 0 Å². The zero-order valence-electron chi connectivity index (χ0n) is 16.4. The van der Waals surface area contributed by atoms with Crippen LogP contribution >= 0.6 is 0 Å². The van der Waals surface area contributed by atoms with Crippen LogP contribution in [0.1, 0.15) is 48.7 Å². The van der Waals surface area contributed by atoms with E-state index in [9.17, 15) is 14.7 Å². The maximum atomic E-state index is 12.7. The number of aliphatic hydroxyl groups is 1. The summed E-state index contributed by atoms with van der Waals surface area (Å²) in [6, 6.07) is 11.5. The Labute approximate surface area is 165 Å². The van der Waals surface area contributed by atoms with Gasteiger partial charge in [-0.15, -0.1) is 0 Å². The topological polar surface area (TPSA) is 98.3 Å². The van der Waals surface area contributed by atoms with E-state index in [1.165, 1.54) is 6.92 Å². The lowest BCUT2D eigenvalue weighted by Gasteiger charge is -2.34. The molecular formula is C21H28N4O3. The van der Waals surface area contributed by atoms with Gasteiger partial charge in [0.15, 0.2) is 0 Å². The highest BCUT2D eigenvalue weighted by atomic mass is 16.3. The van der Waals surface area contributed by atoms with Crippen molar-refractivity contribution < 1.29 is 14.7 Å². The van der Waals surface area contributed by atoms with Gasteiger partial charge in [0.1, 0.15) is 5.69 Å². The Morgan fingerprint density at radius 3 is 2.61 bits per heavy atom. The molecule has 0 bridgehead atoms. The second kappa shape index (κ2) is 8.56. The largest absolute Gasteiger partial charge is 0.391 e. The van der Waals surface area contributed by atoms with Crippen molar-refractivity contribution in [2.75, 3.05) is 13.6 Å². The summed E-state index contributed by atoms with van der Waals surface area (Å²) in [5.41, 5.74) is 1.30. The minimum atomic E-state index is -0.625. The molecule has 3 rings (SSSR count). The van der Waals surface area contributed by atoms with Crippen molar-refractivity contribution in [2.45, 2.75) is 50.2 Å². The molecule has 1 aliphatic rings. The number of likely N-dealkylation sites (N-methyl/N-ethyl adjacent to an activating group) is 1. The predicted octanol–water partition coefficient (Wildman–Crippen LogP) is 1.86. The molecule has 1 saturated carbocycles. The number of aromatic amines is 1. The Hall–Kier alpha value is -2.67. The normalized spacial score (nSPS) is 25.0. The van der Waals surface area contributed by atoms with Crippen LogP contribution in [-0.2, 0) is 10.2 Å². The summed E-state index contributed by atoms with van der Waals surface area (Å²) in [4.78, 5) is 25.9. The number of rotatable bonds is 5. The maximum Gasteiger partial charge on any atom is 0.271 e. The van der Waals surface area contributed by atoms with Gasteiger partial charge in [0.25, 0.3) is 5.91 Å². The van der Waals surface area contributed by atoms with Gasteiger partial charge in [0, 0.05) is 32.1 Å². The highest BCUT2D eigenvalue weighted by molar-refractivity contribution is 5.92. The second-order valence-electron chi connectivity index (χ2n) is 7.65. The molecule has 1 aromatic carbocycles. The lowest BCUT2D eigenvalue weighted by Crippen LogP contribution is -2.44. The van der Waals surface area contributed by atoms with Crippen molar-refractivity contribution in [1.82, 2.24) is 20.4 Å². The highest BCUT2D eigenvalue weighted by Crippen LogP contribution is 2.39. The first kappa shape index (κ1) is 20.1. The van der Waals surface area contributed by atoms with Crippen LogP contribution in [-0.4, -0.2) is 57.8 Å². The number of carbonyl (C=O) groups excluding carboxylic acids is 2. The average Bonchev–Trinajstić information content (AvgIpc) is 3.18. The minimum Gasteiger partial charge on any atom is -0.391 e. The molecule has 0 radical (unpaired) electrons. The number of amides is 2. The number of carbonyl (C=O) groups is 2. The number of aromatic nitrogens is 2. The maximum absolute atomic E-state index is 12.7. The first-order valence-electron chi connectivity index (χ1n) is 9.67. The van der Waals surface area contributed by atoms with Crippen molar-refractivity contribution in [1.29, 1.82) is 0 Å². The van der Waals surface area contributed by atoms with Gasteiger partial charge >= 0.3 is 0 Å². The highest BCUT2D eigenvalue weighted by Gasteiger charge is 2.40. The van der Waals surface area contributed by atoms with Crippen LogP contribution in [0.25, 0.3) is 0 Å². The fraction of sp³-hybridized carbons (Fsp3) is 0.476. The number of H-pyrrole nitrogens is 1. The third kappa shape index (κ3) is 4.25. The van der Waals surface area contributed by atoms with Crippen LogP contribution in [0.2, 0.25) is 0 Å². The summed E-state index contributed by atoms with van der Waals surface area (Å²) in [6.45, 7) is 2.04. The van der Waals surface area contributed by atoms with Crippen LogP contribution in [0.15, 0.2) is 42.6 Å². The molecule has 2 aromatic rings. The van der Waals surface area contributed by atoms with Crippen molar-refractivity contribution in [3.05, 3.63) is 53.9 Å². The average molecular weight is 384 g/mol. The van der Waals surface area contributed by atoms with Gasteiger partial charge in [-0.05, 0) is 37.3 Å². The molecule has 1 aliphatic carbocycles. The number of nitrogens with one attached hydrogen (secondary N) is 2. The van der Waals surface area contributed by atoms with E-state index in [1.807, 2.05) is 18.2 Å². The lowest BCUT2D eigenvalue weighted by atomic mass is 9.74. The molecule has 28 heavy (non-hydrogen) atoms. The Kier molecular flexibility index (Phi) is 6.14. The van der Waals surface area contributed by atoms with Gasteiger partial charge in [-0.1, -0.05) is 30.3 Å². The minimum absolute atomic E-state index is 0.0665. The van der Waals surface area contributed by atoms with E-state index >= 15 is 0 Å². The van der Waals surface area contributed by atoms with E-state index in [-0.39, 0.29) is 23.3 Å². The third-order valence-corrected chi connectivity index (χ3v) is 5.89. The van der Waals surface area contributed by atoms with Crippen LogP contribution in [0.4, 0.5) is 0 Å². The van der Waals surface area contributed by atoms with Crippen molar-refractivity contribution >= 4 is 11.8 Å². The Morgan fingerprint density at radius 1 is 1.25 bits per heavy atom. The zero-order valence-corrected chi connectivity index (χ0v) is 16.4. The standard InChI is InChI=1S/C21H28N4O3/c1-15(26)22-14-21(16-6-4-3-5-7-16)11-8-18(19(27)9-12-21)25(2)20(28)17-10-13-23-24-17/h3-7,10,13,18-19,27H,8-9,11-12,14H2,1-2H3,(H,22,26)(H,23,24)/t18-,19-,21+/m0/s1. The monoisotopic (exact) mass is 384 g/mol. The molecule has 7 heteroatoms. The fourth-order valence-corrected chi connectivity index (χ4v) is 4.18. The molecule has 1 aromatic heterocycles. The molecule has 0 aliphatic heterocycles. The summed E-state index contributed by atoms with van der Waals surface area (Å²) in [5, 5.41) is 20.3. The SMILES string of the molecule is CC(=O)NC[C@]1(c2ccccc2)CC[C@H](O)[C@@H](N(C)C(=O)c2ccn[nH]2)CC1. The molecule has 1 heterocycles. The van der Waals surface area contributed by atoms with E-state index in [2.05, 4.69) is 27.6 Å². The lowest BCUT2D eigenvalue weighted by molar-refractivity contribution is -0.119. The van der Waals surface area contributed by atoms with E-state index < -0.39 is 6.10 Å². The molecule has 3 N–H and O–H groups in total. The first-order chi connectivity index (χ1) is 13.4. The van der Waals surface area contributed by atoms with Gasteiger partial charge in [-0.3, -0.25) is 14.7 Å². The third-order valence-electron chi connectivity index (χ3n) is 5.89.